The van der Waals surface area contributed by atoms with Gasteiger partial charge in [0.05, 0.1) is 0 Å². The normalized spacial score (nSPS) is 40.8. The summed E-state index contributed by atoms with van der Waals surface area (Å²) in [6, 6.07) is 6.29. The van der Waals surface area contributed by atoms with Gasteiger partial charge in [0, 0.05) is 22.3 Å². The first-order valence-corrected chi connectivity index (χ1v) is 4.85. The van der Waals surface area contributed by atoms with Gasteiger partial charge in [0.2, 0.25) is 0 Å². The third kappa shape index (κ3) is 0.841. The highest BCUT2D eigenvalue weighted by atomic mass is 14.9. The van der Waals surface area contributed by atoms with Gasteiger partial charge in [0.25, 0.3) is 0 Å². The van der Waals surface area contributed by atoms with Crippen molar-refractivity contribution >= 4 is 0 Å². The predicted octanol–water partition coefficient (Wildman–Crippen LogP) is 1.52. The van der Waals surface area contributed by atoms with Crippen LogP contribution in [-0.2, 0) is 5.41 Å². The zero-order valence-electron chi connectivity index (χ0n) is 7.88. The lowest BCUT2D eigenvalue weighted by Gasteiger charge is -2.68. The molecule has 1 aromatic rings. The molecule has 0 aliphatic heterocycles. The fraction of sp³-hybridized carbons (Fsp3) is 0.545. The molecule has 3 aliphatic carbocycles. The largest absolute Gasteiger partial charge is 0.325 e. The molecule has 0 saturated heterocycles. The molecule has 3 aliphatic rings. The SMILES string of the molecule is Cc1cccc(C23CC(N)(C2)C3)n1. The molecule has 3 fully saturated rings. The van der Waals surface area contributed by atoms with E-state index in [2.05, 4.69) is 17.1 Å². The van der Waals surface area contributed by atoms with Crippen molar-refractivity contribution in [2.45, 2.75) is 37.1 Å². The molecule has 13 heavy (non-hydrogen) atoms. The maximum Gasteiger partial charge on any atom is 0.0470 e. The van der Waals surface area contributed by atoms with Gasteiger partial charge in [-0.15, -0.1) is 0 Å². The molecule has 1 heterocycles. The van der Waals surface area contributed by atoms with Crippen molar-refractivity contribution in [3.05, 3.63) is 29.6 Å². The van der Waals surface area contributed by atoms with Crippen molar-refractivity contribution in [2.75, 3.05) is 0 Å². The number of hydrogen-bond acceptors (Lipinski definition) is 2. The molecule has 0 aromatic carbocycles. The lowest BCUT2D eigenvalue weighted by atomic mass is 9.39. The van der Waals surface area contributed by atoms with Gasteiger partial charge >= 0.3 is 0 Å². The molecule has 0 radical (unpaired) electrons. The van der Waals surface area contributed by atoms with Crippen molar-refractivity contribution < 1.29 is 0 Å². The monoisotopic (exact) mass is 174 g/mol. The topological polar surface area (TPSA) is 38.9 Å². The van der Waals surface area contributed by atoms with Crippen LogP contribution in [0.4, 0.5) is 0 Å². The van der Waals surface area contributed by atoms with E-state index >= 15 is 0 Å². The Bertz CT molecular complexity index is 350. The van der Waals surface area contributed by atoms with Crippen LogP contribution < -0.4 is 5.73 Å². The molecule has 4 rings (SSSR count). The molecular weight excluding hydrogens is 160 g/mol. The average Bonchev–Trinajstić information content (AvgIpc) is 1.97. The quantitative estimate of drug-likeness (QED) is 0.701. The minimum atomic E-state index is 0.186. The summed E-state index contributed by atoms with van der Waals surface area (Å²) in [5, 5.41) is 0. The second-order valence-corrected chi connectivity index (χ2v) is 4.84. The van der Waals surface area contributed by atoms with E-state index in [0.717, 1.165) is 25.0 Å². The van der Waals surface area contributed by atoms with Gasteiger partial charge in [-0.05, 0) is 38.3 Å². The molecule has 0 spiro atoms. The van der Waals surface area contributed by atoms with E-state index in [0.29, 0.717) is 5.41 Å². The summed E-state index contributed by atoms with van der Waals surface area (Å²) in [4.78, 5) is 4.58. The van der Waals surface area contributed by atoms with Crippen LogP contribution in [0.1, 0.15) is 30.7 Å². The highest BCUT2D eigenvalue weighted by Gasteiger charge is 2.67. The number of nitrogens with two attached hydrogens (primary N) is 1. The lowest BCUT2D eigenvalue weighted by molar-refractivity contribution is -0.0621. The molecule has 68 valence electrons. The van der Waals surface area contributed by atoms with E-state index in [1.54, 1.807) is 0 Å². The summed E-state index contributed by atoms with van der Waals surface area (Å²) >= 11 is 0. The molecular formula is C11H14N2. The molecule has 0 atom stereocenters. The van der Waals surface area contributed by atoms with Crippen LogP contribution in [0.5, 0.6) is 0 Å². The summed E-state index contributed by atoms with van der Waals surface area (Å²) < 4.78 is 0. The summed E-state index contributed by atoms with van der Waals surface area (Å²) in [5.41, 5.74) is 8.96. The zero-order chi connectivity index (χ0) is 9.10. The summed E-state index contributed by atoms with van der Waals surface area (Å²) in [6.45, 7) is 2.05. The third-order valence-electron chi connectivity index (χ3n) is 3.50. The van der Waals surface area contributed by atoms with Crippen LogP contribution in [0.3, 0.4) is 0 Å². The molecule has 2 nitrogen and oxygen atoms in total. The Morgan fingerprint density at radius 1 is 1.31 bits per heavy atom. The van der Waals surface area contributed by atoms with Gasteiger partial charge in [0.15, 0.2) is 0 Å². The fourth-order valence-electron chi connectivity index (χ4n) is 2.98. The van der Waals surface area contributed by atoms with Crippen molar-refractivity contribution in [1.29, 1.82) is 0 Å². The molecule has 2 heteroatoms. The molecule has 1 aromatic heterocycles. The summed E-state index contributed by atoms with van der Waals surface area (Å²) in [5.74, 6) is 0. The van der Waals surface area contributed by atoms with Gasteiger partial charge in [0.1, 0.15) is 0 Å². The Morgan fingerprint density at radius 2 is 2.00 bits per heavy atom. The first kappa shape index (κ1) is 7.51. The average molecular weight is 174 g/mol. The van der Waals surface area contributed by atoms with Gasteiger partial charge in [-0.3, -0.25) is 4.98 Å². The van der Waals surface area contributed by atoms with E-state index in [1.807, 2.05) is 13.0 Å². The second kappa shape index (κ2) is 1.95. The Kier molecular flexibility index (Phi) is 1.13. The Labute approximate surface area is 78.2 Å². The van der Waals surface area contributed by atoms with Crippen molar-refractivity contribution in [3.8, 4) is 0 Å². The van der Waals surface area contributed by atoms with Gasteiger partial charge < -0.3 is 5.73 Å². The van der Waals surface area contributed by atoms with Crippen LogP contribution in [0.25, 0.3) is 0 Å². The zero-order valence-corrected chi connectivity index (χ0v) is 7.88. The Hall–Kier alpha value is -0.890. The van der Waals surface area contributed by atoms with Crippen molar-refractivity contribution in [1.82, 2.24) is 4.98 Å². The van der Waals surface area contributed by atoms with E-state index in [1.165, 1.54) is 5.69 Å². The highest BCUT2D eigenvalue weighted by molar-refractivity contribution is 5.37. The number of aryl methyl sites for hydroxylation is 1. The van der Waals surface area contributed by atoms with E-state index < -0.39 is 0 Å². The standard InChI is InChI=1S/C11H14N2/c1-8-3-2-4-9(13-8)10-5-11(12,6-10)7-10/h2-4H,5-7,12H2,1H3. The van der Waals surface area contributed by atoms with Gasteiger partial charge in [-0.2, -0.15) is 0 Å². The molecule has 3 saturated carbocycles. The first-order chi connectivity index (χ1) is 6.12. The highest BCUT2D eigenvalue weighted by Crippen LogP contribution is 2.65. The third-order valence-corrected chi connectivity index (χ3v) is 3.50. The summed E-state index contributed by atoms with van der Waals surface area (Å²) in [7, 11) is 0. The second-order valence-electron chi connectivity index (χ2n) is 4.84. The molecule has 2 bridgehead atoms. The maximum absolute atomic E-state index is 6.02. The van der Waals surface area contributed by atoms with Crippen LogP contribution in [0.2, 0.25) is 0 Å². The predicted molar refractivity (Wildman–Crippen MR) is 51.4 cm³/mol. The van der Waals surface area contributed by atoms with Crippen LogP contribution >= 0.6 is 0 Å². The lowest BCUT2D eigenvalue weighted by Crippen LogP contribution is -2.74. The first-order valence-electron chi connectivity index (χ1n) is 4.85. The Balaban J connectivity index is 1.95. The van der Waals surface area contributed by atoms with E-state index in [9.17, 15) is 0 Å². The number of pyridine rings is 1. The maximum atomic E-state index is 6.02. The van der Waals surface area contributed by atoms with Crippen molar-refractivity contribution in [3.63, 3.8) is 0 Å². The number of rotatable bonds is 1. The van der Waals surface area contributed by atoms with Crippen LogP contribution in [0, 0.1) is 6.92 Å². The minimum Gasteiger partial charge on any atom is -0.325 e. The van der Waals surface area contributed by atoms with E-state index in [-0.39, 0.29) is 5.54 Å². The Morgan fingerprint density at radius 3 is 2.54 bits per heavy atom. The van der Waals surface area contributed by atoms with Crippen molar-refractivity contribution in [2.24, 2.45) is 5.73 Å². The van der Waals surface area contributed by atoms with E-state index in [4.69, 9.17) is 5.73 Å². The number of aromatic nitrogens is 1. The van der Waals surface area contributed by atoms with Gasteiger partial charge in [-0.1, -0.05) is 6.07 Å². The molecule has 2 N–H and O–H groups in total. The summed E-state index contributed by atoms with van der Waals surface area (Å²) in [6.07, 6.45) is 3.45. The van der Waals surface area contributed by atoms with Crippen LogP contribution in [0.15, 0.2) is 18.2 Å². The fourth-order valence-corrected chi connectivity index (χ4v) is 2.98. The number of nitrogens with zero attached hydrogens (tertiary/aromatic N) is 1. The smallest absolute Gasteiger partial charge is 0.0470 e. The van der Waals surface area contributed by atoms with Gasteiger partial charge in [-0.25, -0.2) is 0 Å². The number of hydrogen-bond donors (Lipinski definition) is 1. The molecule has 0 amide bonds. The minimum absolute atomic E-state index is 0.186. The van der Waals surface area contributed by atoms with Crippen LogP contribution in [-0.4, -0.2) is 10.5 Å². The molecule has 0 unspecified atom stereocenters.